The summed E-state index contributed by atoms with van der Waals surface area (Å²) in [4.78, 5) is 0. The lowest BCUT2D eigenvalue weighted by Gasteiger charge is -1.94. The molecule has 0 heterocycles. The first-order valence-electron chi connectivity index (χ1n) is 3.92. The van der Waals surface area contributed by atoms with E-state index in [2.05, 4.69) is 36.8 Å². The van der Waals surface area contributed by atoms with Crippen molar-refractivity contribution in [2.75, 3.05) is 0 Å². The fourth-order valence-electron chi connectivity index (χ4n) is 0.954. The molecule has 0 spiro atoms. The largest absolute Gasteiger partial charge is 0.0914 e. The summed E-state index contributed by atoms with van der Waals surface area (Å²) in [7, 11) is 0. The minimum absolute atomic E-state index is 1.03. The quantitative estimate of drug-likeness (QED) is 0.613. The monoisotopic (exact) mass is 145 g/mol. The normalized spacial score (nSPS) is 10.6. The second-order valence-corrected chi connectivity index (χ2v) is 2.45. The summed E-state index contributed by atoms with van der Waals surface area (Å²) in [6, 6.07) is 10.5. The summed E-state index contributed by atoms with van der Waals surface area (Å²) in [5.74, 6) is 0. The molecule has 0 amide bonds. The molecule has 0 aliphatic carbocycles. The van der Waals surface area contributed by atoms with Gasteiger partial charge in [0.2, 0.25) is 0 Å². The molecular weight excluding hydrogens is 132 g/mol. The van der Waals surface area contributed by atoms with Crippen molar-refractivity contribution in [2.24, 2.45) is 0 Å². The summed E-state index contributed by atoms with van der Waals surface area (Å²) in [5, 5.41) is 0. The Kier molecular flexibility index (Phi) is 3.46. The summed E-state index contributed by atoms with van der Waals surface area (Å²) in [6.07, 6.45) is 7.32. The van der Waals surface area contributed by atoms with Gasteiger partial charge in [-0.1, -0.05) is 42.5 Å². The van der Waals surface area contributed by atoms with Crippen molar-refractivity contribution < 1.29 is 0 Å². The molecular formula is C11H13. The van der Waals surface area contributed by atoms with Crippen LogP contribution in [0.4, 0.5) is 0 Å². The van der Waals surface area contributed by atoms with Crippen LogP contribution in [0.5, 0.6) is 0 Å². The van der Waals surface area contributed by atoms with Gasteiger partial charge in [0.15, 0.2) is 0 Å². The van der Waals surface area contributed by atoms with Crippen molar-refractivity contribution >= 4 is 0 Å². The van der Waals surface area contributed by atoms with E-state index in [0.717, 1.165) is 6.42 Å². The maximum Gasteiger partial charge on any atom is -0.0127 e. The lowest BCUT2D eigenvalue weighted by molar-refractivity contribution is 1.19. The van der Waals surface area contributed by atoms with E-state index < -0.39 is 0 Å². The van der Waals surface area contributed by atoms with Gasteiger partial charge in [-0.3, -0.25) is 0 Å². The van der Waals surface area contributed by atoms with Crippen LogP contribution >= 0.6 is 0 Å². The second-order valence-electron chi connectivity index (χ2n) is 2.45. The van der Waals surface area contributed by atoms with E-state index in [1.807, 2.05) is 19.1 Å². The van der Waals surface area contributed by atoms with Crippen LogP contribution < -0.4 is 0 Å². The van der Waals surface area contributed by atoms with E-state index in [1.54, 1.807) is 0 Å². The fourth-order valence-corrected chi connectivity index (χ4v) is 0.954. The number of hydrogen-bond acceptors (Lipinski definition) is 0. The van der Waals surface area contributed by atoms with Gasteiger partial charge in [0.05, 0.1) is 0 Å². The minimum atomic E-state index is 1.03. The molecule has 1 radical (unpaired) electrons. The first-order valence-corrected chi connectivity index (χ1v) is 3.92. The third-order valence-corrected chi connectivity index (χ3v) is 1.52. The maximum atomic E-state index is 2.16. The van der Waals surface area contributed by atoms with Crippen molar-refractivity contribution in [2.45, 2.75) is 13.3 Å². The highest BCUT2D eigenvalue weighted by atomic mass is 13.9. The van der Waals surface area contributed by atoms with Crippen LogP contribution in [0.25, 0.3) is 0 Å². The van der Waals surface area contributed by atoms with Crippen LogP contribution in [-0.4, -0.2) is 0 Å². The summed E-state index contributed by atoms with van der Waals surface area (Å²) < 4.78 is 0. The molecule has 0 aliphatic rings. The smallest absolute Gasteiger partial charge is 0.0127 e. The zero-order valence-electron chi connectivity index (χ0n) is 6.83. The first-order chi connectivity index (χ1) is 5.43. The van der Waals surface area contributed by atoms with Gasteiger partial charge in [-0.2, -0.15) is 0 Å². The Morgan fingerprint density at radius 3 is 2.55 bits per heavy atom. The highest BCUT2D eigenvalue weighted by Crippen LogP contribution is 2.01. The SMILES string of the molecule is CC=C[CH]Cc1ccccc1. The zero-order valence-corrected chi connectivity index (χ0v) is 6.83. The standard InChI is InChI=1S/C11H13/c1-2-3-5-8-11-9-6-4-7-10-11/h2-7,9-10H,8H2,1H3. The molecule has 0 atom stereocenters. The number of hydrogen-bond donors (Lipinski definition) is 0. The van der Waals surface area contributed by atoms with E-state index in [-0.39, 0.29) is 0 Å². The minimum Gasteiger partial charge on any atom is -0.0914 e. The summed E-state index contributed by atoms with van der Waals surface area (Å²) in [5.41, 5.74) is 1.37. The van der Waals surface area contributed by atoms with Crippen molar-refractivity contribution in [3.05, 3.63) is 54.5 Å². The Labute approximate surface area is 68.6 Å². The Morgan fingerprint density at radius 2 is 1.91 bits per heavy atom. The molecule has 0 heteroatoms. The van der Waals surface area contributed by atoms with Crippen molar-refractivity contribution in [1.82, 2.24) is 0 Å². The van der Waals surface area contributed by atoms with E-state index >= 15 is 0 Å². The third-order valence-electron chi connectivity index (χ3n) is 1.52. The molecule has 1 aromatic carbocycles. The lowest BCUT2D eigenvalue weighted by Crippen LogP contribution is -1.81. The average molecular weight is 145 g/mol. The fraction of sp³-hybridized carbons (Fsp3) is 0.182. The van der Waals surface area contributed by atoms with Crippen LogP contribution in [0, 0.1) is 6.42 Å². The summed E-state index contributed by atoms with van der Waals surface area (Å²) in [6.45, 7) is 2.03. The van der Waals surface area contributed by atoms with E-state index in [4.69, 9.17) is 0 Å². The molecule has 1 aromatic rings. The maximum absolute atomic E-state index is 2.16. The highest BCUT2D eigenvalue weighted by Gasteiger charge is 1.86. The number of allylic oxidation sites excluding steroid dienone is 2. The van der Waals surface area contributed by atoms with Crippen LogP contribution in [0.1, 0.15) is 12.5 Å². The van der Waals surface area contributed by atoms with Gasteiger partial charge in [-0.25, -0.2) is 0 Å². The van der Waals surface area contributed by atoms with Gasteiger partial charge in [-0.15, -0.1) is 0 Å². The number of rotatable bonds is 3. The molecule has 0 saturated heterocycles. The third kappa shape index (κ3) is 3.03. The Hall–Kier alpha value is -1.04. The van der Waals surface area contributed by atoms with Gasteiger partial charge >= 0.3 is 0 Å². The molecule has 0 N–H and O–H groups in total. The van der Waals surface area contributed by atoms with Gasteiger partial charge in [0.1, 0.15) is 0 Å². The lowest BCUT2D eigenvalue weighted by atomic mass is 10.1. The zero-order chi connectivity index (χ0) is 7.94. The Bertz CT molecular complexity index is 209. The summed E-state index contributed by atoms with van der Waals surface area (Å²) >= 11 is 0. The molecule has 0 saturated carbocycles. The molecule has 0 bridgehead atoms. The van der Waals surface area contributed by atoms with E-state index in [0.29, 0.717) is 0 Å². The van der Waals surface area contributed by atoms with Gasteiger partial charge in [0.25, 0.3) is 0 Å². The van der Waals surface area contributed by atoms with Gasteiger partial charge in [0, 0.05) is 0 Å². The Balaban J connectivity index is 2.39. The Morgan fingerprint density at radius 1 is 1.18 bits per heavy atom. The topological polar surface area (TPSA) is 0 Å². The number of benzene rings is 1. The molecule has 11 heavy (non-hydrogen) atoms. The molecule has 0 nitrogen and oxygen atoms in total. The highest BCUT2D eigenvalue weighted by molar-refractivity contribution is 5.18. The molecule has 0 aromatic heterocycles. The second kappa shape index (κ2) is 4.73. The van der Waals surface area contributed by atoms with Gasteiger partial charge < -0.3 is 0 Å². The van der Waals surface area contributed by atoms with Crippen molar-refractivity contribution in [3.63, 3.8) is 0 Å². The molecule has 1 rings (SSSR count). The predicted octanol–water partition coefficient (Wildman–Crippen LogP) is 3.01. The van der Waals surface area contributed by atoms with Crippen molar-refractivity contribution in [1.29, 1.82) is 0 Å². The molecule has 57 valence electrons. The van der Waals surface area contributed by atoms with Crippen LogP contribution in [0.2, 0.25) is 0 Å². The van der Waals surface area contributed by atoms with E-state index in [1.165, 1.54) is 5.56 Å². The molecule has 0 fully saturated rings. The first kappa shape index (κ1) is 8.06. The predicted molar refractivity (Wildman–Crippen MR) is 49.3 cm³/mol. The average Bonchev–Trinajstić information content (AvgIpc) is 2.07. The van der Waals surface area contributed by atoms with Gasteiger partial charge in [-0.05, 0) is 25.3 Å². The van der Waals surface area contributed by atoms with E-state index in [9.17, 15) is 0 Å². The molecule has 0 unspecified atom stereocenters. The van der Waals surface area contributed by atoms with Crippen LogP contribution in [0.3, 0.4) is 0 Å². The van der Waals surface area contributed by atoms with Crippen LogP contribution in [-0.2, 0) is 6.42 Å². The van der Waals surface area contributed by atoms with Crippen LogP contribution in [0.15, 0.2) is 42.5 Å². The van der Waals surface area contributed by atoms with Crippen molar-refractivity contribution in [3.8, 4) is 0 Å². The molecule has 0 aliphatic heterocycles.